The van der Waals surface area contributed by atoms with Crippen molar-refractivity contribution in [2.45, 2.75) is 24.8 Å². The summed E-state index contributed by atoms with van der Waals surface area (Å²) < 4.78 is 23.7. The summed E-state index contributed by atoms with van der Waals surface area (Å²) in [5.74, 6) is 0.526. The summed E-state index contributed by atoms with van der Waals surface area (Å²) in [5.41, 5.74) is 6.79. The first kappa shape index (κ1) is 14.4. The van der Waals surface area contributed by atoms with E-state index in [1.54, 1.807) is 6.07 Å². The van der Waals surface area contributed by atoms with Gasteiger partial charge < -0.3 is 15.0 Å². The van der Waals surface area contributed by atoms with Crippen LogP contribution in [0.2, 0.25) is 5.02 Å². The Morgan fingerprint density at radius 3 is 3.05 bits per heavy atom. The number of nitrogens with two attached hydrogens (primary N) is 1. The maximum Gasteiger partial charge on any atom is 0.233 e. The van der Waals surface area contributed by atoms with Gasteiger partial charge in [0.25, 0.3) is 0 Å². The first-order valence-electron chi connectivity index (χ1n) is 6.73. The number of benzene rings is 1. The number of nitrogens with zero attached hydrogens (tertiary/aromatic N) is 2. The van der Waals surface area contributed by atoms with Crippen LogP contribution in [0.15, 0.2) is 22.7 Å². The van der Waals surface area contributed by atoms with Crippen molar-refractivity contribution in [3.8, 4) is 0 Å². The normalized spacial score (nSPS) is 22.4. The highest BCUT2D eigenvalue weighted by Crippen LogP contribution is 2.24. The van der Waals surface area contributed by atoms with Crippen molar-refractivity contribution in [3.05, 3.63) is 46.3 Å². The Hall–Kier alpha value is -1.50. The molecule has 3 rings (SSSR count). The lowest BCUT2D eigenvalue weighted by Gasteiger charge is -2.25. The molecule has 0 amide bonds. The Bertz CT molecular complexity index is 634. The molecule has 2 heterocycles. The predicted molar refractivity (Wildman–Crippen MR) is 74.7 cm³/mol. The van der Waals surface area contributed by atoms with Crippen molar-refractivity contribution in [2.24, 2.45) is 5.73 Å². The van der Waals surface area contributed by atoms with Gasteiger partial charge in [-0.25, -0.2) is 4.39 Å². The van der Waals surface area contributed by atoms with Crippen LogP contribution in [-0.4, -0.2) is 29.4 Å². The van der Waals surface area contributed by atoms with E-state index in [0.29, 0.717) is 36.4 Å². The van der Waals surface area contributed by atoms with Crippen LogP contribution in [0.25, 0.3) is 0 Å². The van der Waals surface area contributed by atoms with Crippen molar-refractivity contribution in [2.75, 3.05) is 13.2 Å². The van der Waals surface area contributed by atoms with E-state index in [0.717, 1.165) is 12.0 Å². The Labute approximate surface area is 126 Å². The Morgan fingerprint density at radius 2 is 2.29 bits per heavy atom. The van der Waals surface area contributed by atoms with Gasteiger partial charge in [0.1, 0.15) is 5.82 Å². The van der Waals surface area contributed by atoms with Crippen LogP contribution in [0.3, 0.4) is 0 Å². The lowest BCUT2D eigenvalue weighted by Crippen LogP contribution is -2.37. The molecule has 5 nitrogen and oxygen atoms in total. The second kappa shape index (κ2) is 6.09. The van der Waals surface area contributed by atoms with E-state index in [-0.39, 0.29) is 17.8 Å². The SMILES string of the molecule is NC1CCOCC1c1nc(Cc2ccc(F)cc2Cl)no1. The fourth-order valence-electron chi connectivity index (χ4n) is 2.33. The molecule has 1 saturated heterocycles. The Balaban J connectivity index is 1.75. The minimum atomic E-state index is -0.372. The van der Waals surface area contributed by atoms with Gasteiger partial charge in [-0.15, -0.1) is 0 Å². The third kappa shape index (κ3) is 3.23. The van der Waals surface area contributed by atoms with Crippen LogP contribution in [-0.2, 0) is 11.2 Å². The molecule has 2 aromatic rings. The summed E-state index contributed by atoms with van der Waals surface area (Å²) in [4.78, 5) is 4.35. The molecule has 0 saturated carbocycles. The topological polar surface area (TPSA) is 74.2 Å². The van der Waals surface area contributed by atoms with Gasteiger partial charge in [0.15, 0.2) is 5.82 Å². The highest BCUT2D eigenvalue weighted by molar-refractivity contribution is 6.31. The number of aromatic nitrogens is 2. The van der Waals surface area contributed by atoms with Crippen LogP contribution in [0.4, 0.5) is 4.39 Å². The molecule has 1 fully saturated rings. The average molecular weight is 312 g/mol. The van der Waals surface area contributed by atoms with E-state index in [2.05, 4.69) is 10.1 Å². The molecule has 1 aromatic carbocycles. The second-order valence-corrected chi connectivity index (χ2v) is 5.50. The van der Waals surface area contributed by atoms with Gasteiger partial charge in [0.05, 0.1) is 12.5 Å². The zero-order valence-corrected chi connectivity index (χ0v) is 12.0. The first-order chi connectivity index (χ1) is 10.1. The van der Waals surface area contributed by atoms with Gasteiger partial charge in [-0.1, -0.05) is 22.8 Å². The molecule has 0 bridgehead atoms. The van der Waals surface area contributed by atoms with E-state index in [9.17, 15) is 4.39 Å². The molecule has 7 heteroatoms. The van der Waals surface area contributed by atoms with E-state index in [1.165, 1.54) is 12.1 Å². The summed E-state index contributed by atoms with van der Waals surface area (Å²) in [6, 6.07) is 4.19. The van der Waals surface area contributed by atoms with Crippen LogP contribution in [0.1, 0.15) is 29.6 Å². The maximum absolute atomic E-state index is 13.0. The highest BCUT2D eigenvalue weighted by atomic mass is 35.5. The molecule has 1 aliphatic rings. The Kier molecular flexibility index (Phi) is 4.19. The summed E-state index contributed by atoms with van der Waals surface area (Å²) in [5, 5.41) is 4.28. The van der Waals surface area contributed by atoms with E-state index in [4.69, 9.17) is 26.6 Å². The average Bonchev–Trinajstić information content (AvgIpc) is 2.91. The number of rotatable bonds is 3. The highest BCUT2D eigenvalue weighted by Gasteiger charge is 2.29. The van der Waals surface area contributed by atoms with Crippen LogP contribution in [0, 0.1) is 5.82 Å². The van der Waals surface area contributed by atoms with Crippen LogP contribution in [0.5, 0.6) is 0 Å². The molecule has 2 atom stereocenters. The molecular formula is C14H15ClFN3O2. The van der Waals surface area contributed by atoms with Crippen molar-refractivity contribution >= 4 is 11.6 Å². The van der Waals surface area contributed by atoms with Gasteiger partial charge in [-0.05, 0) is 24.1 Å². The molecular weight excluding hydrogens is 297 g/mol. The third-order valence-corrected chi connectivity index (χ3v) is 3.93. The smallest absolute Gasteiger partial charge is 0.233 e. The van der Waals surface area contributed by atoms with E-state index >= 15 is 0 Å². The van der Waals surface area contributed by atoms with Gasteiger partial charge in [0.2, 0.25) is 5.89 Å². The molecule has 21 heavy (non-hydrogen) atoms. The minimum Gasteiger partial charge on any atom is -0.381 e. The number of hydrogen-bond donors (Lipinski definition) is 1. The molecule has 0 spiro atoms. The van der Waals surface area contributed by atoms with Gasteiger partial charge in [-0.2, -0.15) is 4.98 Å². The molecule has 0 radical (unpaired) electrons. The number of ether oxygens (including phenoxy) is 1. The van der Waals surface area contributed by atoms with E-state index < -0.39 is 0 Å². The summed E-state index contributed by atoms with van der Waals surface area (Å²) in [6.07, 6.45) is 1.15. The fourth-order valence-corrected chi connectivity index (χ4v) is 2.57. The largest absolute Gasteiger partial charge is 0.381 e. The summed E-state index contributed by atoms with van der Waals surface area (Å²) in [7, 11) is 0. The maximum atomic E-state index is 13.0. The predicted octanol–water partition coefficient (Wildman–Crippen LogP) is 2.28. The minimum absolute atomic E-state index is 0.0403. The number of halogens is 2. The molecule has 2 N–H and O–H groups in total. The monoisotopic (exact) mass is 311 g/mol. The van der Waals surface area contributed by atoms with Gasteiger partial charge in [-0.3, -0.25) is 0 Å². The van der Waals surface area contributed by atoms with Crippen molar-refractivity contribution < 1.29 is 13.7 Å². The third-order valence-electron chi connectivity index (χ3n) is 3.57. The quantitative estimate of drug-likeness (QED) is 0.941. The van der Waals surface area contributed by atoms with Crippen molar-refractivity contribution in [3.63, 3.8) is 0 Å². The molecule has 112 valence electrons. The molecule has 1 aromatic heterocycles. The first-order valence-corrected chi connectivity index (χ1v) is 7.11. The van der Waals surface area contributed by atoms with Crippen molar-refractivity contribution in [1.82, 2.24) is 10.1 Å². The van der Waals surface area contributed by atoms with Gasteiger partial charge >= 0.3 is 0 Å². The second-order valence-electron chi connectivity index (χ2n) is 5.10. The molecule has 1 aliphatic heterocycles. The molecule has 2 unspecified atom stereocenters. The van der Waals surface area contributed by atoms with Gasteiger partial charge in [0, 0.05) is 24.1 Å². The zero-order chi connectivity index (χ0) is 14.8. The zero-order valence-electron chi connectivity index (χ0n) is 11.3. The van der Waals surface area contributed by atoms with Crippen LogP contribution >= 0.6 is 11.6 Å². The Morgan fingerprint density at radius 1 is 1.43 bits per heavy atom. The molecule has 0 aliphatic carbocycles. The summed E-state index contributed by atoms with van der Waals surface area (Å²) in [6.45, 7) is 1.14. The lowest BCUT2D eigenvalue weighted by molar-refractivity contribution is 0.0590. The lowest BCUT2D eigenvalue weighted by atomic mass is 9.97. The van der Waals surface area contributed by atoms with E-state index in [1.807, 2.05) is 0 Å². The fraction of sp³-hybridized carbons (Fsp3) is 0.429. The standard InChI is InChI=1S/C14H15ClFN3O2/c15-11-6-9(16)2-1-8(11)5-13-18-14(21-19-13)10-7-20-4-3-12(10)17/h1-2,6,10,12H,3-5,7,17H2. The summed E-state index contributed by atoms with van der Waals surface area (Å²) >= 11 is 5.99. The number of hydrogen-bond acceptors (Lipinski definition) is 5. The van der Waals surface area contributed by atoms with Crippen LogP contribution < -0.4 is 5.73 Å². The van der Waals surface area contributed by atoms with Crippen molar-refractivity contribution in [1.29, 1.82) is 0 Å².